The quantitative estimate of drug-likeness (QED) is 0.562. The molecule has 0 nitrogen and oxygen atoms in total. The Kier molecular flexibility index (Phi) is 4.05. The molecule has 1 aliphatic rings. The van der Waals surface area contributed by atoms with E-state index in [4.69, 9.17) is 0 Å². The second-order valence-corrected chi connectivity index (χ2v) is 10.3. The molecule has 3 aromatic rings. The first-order valence-electron chi connectivity index (χ1n) is 7.87. The van der Waals surface area contributed by atoms with Gasteiger partial charge in [-0.15, -0.1) is 0 Å². The van der Waals surface area contributed by atoms with Crippen LogP contribution in [0, 0.1) is 0 Å². The van der Waals surface area contributed by atoms with Gasteiger partial charge in [0.05, 0.1) is 0 Å². The van der Waals surface area contributed by atoms with Gasteiger partial charge in [0, 0.05) is 0 Å². The van der Waals surface area contributed by atoms with Gasteiger partial charge in [0.15, 0.2) is 0 Å². The van der Waals surface area contributed by atoms with Gasteiger partial charge in [-0.05, 0) is 0 Å². The van der Waals surface area contributed by atoms with Gasteiger partial charge < -0.3 is 0 Å². The second-order valence-electron chi connectivity index (χ2n) is 5.83. The average Bonchev–Trinajstić information content (AvgIpc) is 3.01. The van der Waals surface area contributed by atoms with Crippen molar-refractivity contribution in [2.45, 2.75) is 6.18 Å². The van der Waals surface area contributed by atoms with Crippen molar-refractivity contribution in [2.75, 3.05) is 0 Å². The molecule has 0 spiro atoms. The molecule has 3 aromatic carbocycles. The van der Waals surface area contributed by atoms with Crippen LogP contribution in [0.25, 0.3) is 10.4 Å². The Bertz CT molecular complexity index is 925. The van der Waals surface area contributed by atoms with E-state index >= 15 is 0 Å². The van der Waals surface area contributed by atoms with Crippen LogP contribution in [0.3, 0.4) is 0 Å². The minimum atomic E-state index is -4.30. The fourth-order valence-electron chi connectivity index (χ4n) is 3.05. The third-order valence-electron chi connectivity index (χ3n) is 4.23. The number of fused-ring (bicyclic) bond motifs is 1. The zero-order chi connectivity index (χ0) is 17.4. The summed E-state index contributed by atoms with van der Waals surface area (Å²) in [5, 5.41) is 0. The maximum absolute atomic E-state index is 12.8. The van der Waals surface area contributed by atoms with E-state index in [-0.39, 0.29) is 0 Å². The van der Waals surface area contributed by atoms with Crippen LogP contribution in [-0.4, -0.2) is 14.7 Å². The Morgan fingerprint density at radius 3 is 2.00 bits per heavy atom. The summed E-state index contributed by atoms with van der Waals surface area (Å²) in [7, 11) is 0. The summed E-state index contributed by atoms with van der Waals surface area (Å²) in [6.45, 7) is 0. The van der Waals surface area contributed by atoms with Crippen molar-refractivity contribution in [2.24, 2.45) is 0 Å². The van der Waals surface area contributed by atoms with Crippen molar-refractivity contribution in [1.82, 2.24) is 0 Å². The molecule has 0 bridgehead atoms. The Morgan fingerprint density at radius 1 is 0.680 bits per heavy atom. The molecule has 0 aromatic heterocycles. The maximum atomic E-state index is 12.8. The minimum absolute atomic E-state index is 0.605. The molecule has 1 atom stereocenters. The predicted molar refractivity (Wildman–Crippen MR) is 97.2 cm³/mol. The van der Waals surface area contributed by atoms with Gasteiger partial charge in [0.25, 0.3) is 0 Å². The summed E-state index contributed by atoms with van der Waals surface area (Å²) >= 11 is -1.74. The summed E-state index contributed by atoms with van der Waals surface area (Å²) in [6, 6.07) is 24.1. The molecule has 0 aliphatic carbocycles. The van der Waals surface area contributed by atoms with Crippen LogP contribution >= 0.6 is 0 Å². The van der Waals surface area contributed by atoms with Crippen LogP contribution in [0.1, 0.15) is 16.7 Å². The van der Waals surface area contributed by atoms with Gasteiger partial charge in [-0.1, -0.05) is 0 Å². The fourth-order valence-corrected chi connectivity index (χ4v) is 8.49. The SMILES string of the molecule is FC(F)(F)c1ccc(C2=Cc3ccccc3[As]2c2ccccc2)cc1. The zero-order valence-electron chi connectivity index (χ0n) is 13.2. The molecule has 0 saturated heterocycles. The Hall–Kier alpha value is -2.25. The standard InChI is InChI=1S/C21H14AsF3/c23-21(24,25)17-12-10-15(11-13-17)20-14-16-6-4-5-9-19(16)22(20)18-7-2-1-3-8-18/h1-14H. The molecule has 0 N–H and O–H groups in total. The third kappa shape index (κ3) is 3.05. The summed E-state index contributed by atoms with van der Waals surface area (Å²) in [5.41, 5.74) is 1.46. The van der Waals surface area contributed by atoms with Gasteiger partial charge in [-0.3, -0.25) is 0 Å². The monoisotopic (exact) mass is 398 g/mol. The zero-order valence-corrected chi connectivity index (χ0v) is 15.0. The average molecular weight is 398 g/mol. The summed E-state index contributed by atoms with van der Waals surface area (Å²) in [6.07, 6.45) is -2.16. The van der Waals surface area contributed by atoms with Crippen molar-refractivity contribution >= 4 is 33.8 Å². The Labute approximate surface area is 148 Å². The van der Waals surface area contributed by atoms with E-state index in [0.717, 1.165) is 5.56 Å². The van der Waals surface area contributed by atoms with Crippen LogP contribution in [0.15, 0.2) is 78.9 Å². The van der Waals surface area contributed by atoms with Gasteiger partial charge in [0.2, 0.25) is 0 Å². The van der Waals surface area contributed by atoms with Gasteiger partial charge in [-0.25, -0.2) is 0 Å². The topological polar surface area (TPSA) is 0 Å². The molecule has 124 valence electrons. The van der Waals surface area contributed by atoms with Crippen LogP contribution in [0.4, 0.5) is 13.2 Å². The van der Waals surface area contributed by atoms with Crippen molar-refractivity contribution in [3.05, 3.63) is 95.6 Å². The summed E-state index contributed by atoms with van der Waals surface area (Å²) in [5.74, 6) is 0. The van der Waals surface area contributed by atoms with Gasteiger partial charge >= 0.3 is 149 Å². The number of hydrogen-bond donors (Lipinski definition) is 0. The number of halogens is 3. The van der Waals surface area contributed by atoms with Crippen molar-refractivity contribution in [3.63, 3.8) is 0 Å². The van der Waals surface area contributed by atoms with E-state index in [9.17, 15) is 13.2 Å². The van der Waals surface area contributed by atoms with Gasteiger partial charge in [0.1, 0.15) is 0 Å². The third-order valence-corrected chi connectivity index (χ3v) is 9.63. The molecule has 25 heavy (non-hydrogen) atoms. The first-order valence-corrected chi connectivity index (χ1v) is 10.7. The van der Waals surface area contributed by atoms with E-state index in [2.05, 4.69) is 30.3 Å². The van der Waals surface area contributed by atoms with Crippen LogP contribution < -0.4 is 8.70 Å². The Morgan fingerprint density at radius 2 is 1.32 bits per heavy atom. The summed E-state index contributed by atoms with van der Waals surface area (Å²) in [4.78, 5) is 0. The molecule has 0 radical (unpaired) electrons. The van der Waals surface area contributed by atoms with Crippen molar-refractivity contribution < 1.29 is 13.2 Å². The molecular formula is C21H14AsF3. The van der Waals surface area contributed by atoms with E-state index < -0.39 is 26.4 Å². The molecule has 1 aliphatic heterocycles. The van der Waals surface area contributed by atoms with E-state index in [1.54, 1.807) is 12.1 Å². The van der Waals surface area contributed by atoms with E-state index in [1.165, 1.54) is 30.8 Å². The molecule has 1 heterocycles. The molecule has 4 rings (SSSR count). The van der Waals surface area contributed by atoms with Crippen LogP contribution in [0.5, 0.6) is 0 Å². The van der Waals surface area contributed by atoms with E-state index in [0.29, 0.717) is 0 Å². The van der Waals surface area contributed by atoms with Crippen LogP contribution in [0.2, 0.25) is 0 Å². The first-order chi connectivity index (χ1) is 12.0. The molecule has 0 fully saturated rings. The molecular weight excluding hydrogens is 384 g/mol. The fraction of sp³-hybridized carbons (Fsp3) is 0.0476. The predicted octanol–water partition coefficient (Wildman–Crippen LogP) is 4.41. The van der Waals surface area contributed by atoms with Crippen molar-refractivity contribution in [1.29, 1.82) is 0 Å². The van der Waals surface area contributed by atoms with Crippen molar-refractivity contribution in [3.8, 4) is 0 Å². The molecule has 0 amide bonds. The Balaban J connectivity index is 1.80. The molecule has 4 heteroatoms. The summed E-state index contributed by atoms with van der Waals surface area (Å²) < 4.78 is 42.3. The van der Waals surface area contributed by atoms with E-state index in [1.807, 2.05) is 30.3 Å². The number of alkyl halides is 3. The normalized spacial score (nSPS) is 16.4. The second kappa shape index (κ2) is 6.24. The first kappa shape index (κ1) is 16.2. The molecule has 1 unspecified atom stereocenters. The number of rotatable bonds is 2. The van der Waals surface area contributed by atoms with Gasteiger partial charge in [-0.2, -0.15) is 0 Å². The van der Waals surface area contributed by atoms with Crippen LogP contribution in [-0.2, 0) is 6.18 Å². The molecule has 0 saturated carbocycles. The number of benzene rings is 3. The number of hydrogen-bond acceptors (Lipinski definition) is 0.